The Morgan fingerprint density at radius 1 is 1.12 bits per heavy atom. The quantitative estimate of drug-likeness (QED) is 0.789. The SMILES string of the molecule is O=C(C=Cc1ccccc1)N1C[C@@H](CN2CCC(O)CC2)[C@@H](CO)C1. The molecule has 2 saturated heterocycles. The minimum absolute atomic E-state index is 0.0128. The van der Waals surface area contributed by atoms with Crippen molar-refractivity contribution >= 4 is 12.0 Å². The van der Waals surface area contributed by atoms with Crippen molar-refractivity contribution in [3.8, 4) is 0 Å². The molecule has 5 heteroatoms. The molecule has 2 aliphatic rings. The lowest BCUT2D eigenvalue weighted by Crippen LogP contribution is -2.40. The molecule has 5 nitrogen and oxygen atoms in total. The van der Waals surface area contributed by atoms with Crippen molar-refractivity contribution in [3.05, 3.63) is 42.0 Å². The number of piperidine rings is 1. The maximum absolute atomic E-state index is 12.5. The molecule has 0 bridgehead atoms. The van der Waals surface area contributed by atoms with Gasteiger partial charge >= 0.3 is 0 Å². The van der Waals surface area contributed by atoms with Crippen molar-refractivity contribution in [2.24, 2.45) is 11.8 Å². The van der Waals surface area contributed by atoms with Crippen molar-refractivity contribution in [1.29, 1.82) is 0 Å². The normalized spacial score (nSPS) is 25.8. The van der Waals surface area contributed by atoms with Gasteiger partial charge < -0.3 is 20.0 Å². The first-order valence-corrected chi connectivity index (χ1v) is 9.19. The standard InChI is InChI=1S/C20H28N2O3/c23-15-18-14-22(20(25)7-6-16-4-2-1-3-5-16)13-17(18)12-21-10-8-19(24)9-11-21/h1-7,17-19,23-24H,8-15H2/t17-,18-/m1/s1. The van der Waals surface area contributed by atoms with E-state index >= 15 is 0 Å². The van der Waals surface area contributed by atoms with Gasteiger partial charge in [0.2, 0.25) is 5.91 Å². The second-order valence-corrected chi connectivity index (χ2v) is 7.22. The van der Waals surface area contributed by atoms with Crippen LogP contribution in [0.1, 0.15) is 18.4 Å². The van der Waals surface area contributed by atoms with Gasteiger partial charge in [-0.3, -0.25) is 4.79 Å². The Bertz CT molecular complexity index is 582. The monoisotopic (exact) mass is 344 g/mol. The third-order valence-electron chi connectivity index (χ3n) is 5.39. The Morgan fingerprint density at radius 2 is 1.80 bits per heavy atom. The lowest BCUT2D eigenvalue weighted by Gasteiger charge is -2.32. The van der Waals surface area contributed by atoms with Crippen LogP contribution < -0.4 is 0 Å². The van der Waals surface area contributed by atoms with Crippen LogP contribution in [0.4, 0.5) is 0 Å². The fraction of sp³-hybridized carbons (Fsp3) is 0.550. The Hall–Kier alpha value is -1.69. The van der Waals surface area contributed by atoms with Crippen molar-refractivity contribution in [1.82, 2.24) is 9.80 Å². The summed E-state index contributed by atoms with van der Waals surface area (Å²) in [6.45, 7) is 4.13. The molecule has 3 rings (SSSR count). The molecular formula is C20H28N2O3. The summed E-state index contributed by atoms with van der Waals surface area (Å²) in [7, 11) is 0. The van der Waals surface area contributed by atoms with Crippen LogP contribution in [-0.4, -0.2) is 71.4 Å². The molecule has 1 aromatic carbocycles. The highest BCUT2D eigenvalue weighted by molar-refractivity contribution is 5.92. The first-order valence-electron chi connectivity index (χ1n) is 9.19. The molecule has 2 aliphatic heterocycles. The molecule has 2 heterocycles. The van der Waals surface area contributed by atoms with Gasteiger partial charge in [-0.1, -0.05) is 30.3 Å². The van der Waals surface area contributed by atoms with Gasteiger partial charge in [0.1, 0.15) is 0 Å². The molecule has 0 unspecified atom stereocenters. The Labute approximate surface area is 149 Å². The number of benzene rings is 1. The molecule has 136 valence electrons. The van der Waals surface area contributed by atoms with E-state index in [0.717, 1.165) is 38.0 Å². The van der Waals surface area contributed by atoms with Gasteiger partial charge in [0, 0.05) is 51.3 Å². The van der Waals surface area contributed by atoms with E-state index in [4.69, 9.17) is 0 Å². The van der Waals surface area contributed by atoms with Crippen molar-refractivity contribution in [2.45, 2.75) is 18.9 Å². The summed E-state index contributed by atoms with van der Waals surface area (Å²) >= 11 is 0. The number of hydrogen-bond acceptors (Lipinski definition) is 4. The summed E-state index contributed by atoms with van der Waals surface area (Å²) in [6.07, 6.45) is 4.94. The minimum atomic E-state index is -0.172. The third-order valence-corrected chi connectivity index (χ3v) is 5.39. The van der Waals surface area contributed by atoms with E-state index in [1.807, 2.05) is 41.3 Å². The van der Waals surface area contributed by atoms with E-state index in [-0.39, 0.29) is 24.5 Å². The summed E-state index contributed by atoms with van der Waals surface area (Å²) in [5, 5.41) is 19.3. The molecule has 1 aromatic rings. The second kappa shape index (κ2) is 8.61. The zero-order chi connectivity index (χ0) is 17.6. The van der Waals surface area contributed by atoms with E-state index in [9.17, 15) is 15.0 Å². The smallest absolute Gasteiger partial charge is 0.246 e. The third kappa shape index (κ3) is 4.91. The number of hydrogen-bond donors (Lipinski definition) is 2. The van der Waals surface area contributed by atoms with Crippen LogP contribution in [0, 0.1) is 11.8 Å². The first-order chi connectivity index (χ1) is 12.2. The van der Waals surface area contributed by atoms with Crippen molar-refractivity contribution in [3.63, 3.8) is 0 Å². The molecule has 0 aliphatic carbocycles. The number of carbonyl (C=O) groups is 1. The molecule has 0 radical (unpaired) electrons. The Balaban J connectivity index is 1.55. The van der Waals surface area contributed by atoms with Crippen LogP contribution in [-0.2, 0) is 4.79 Å². The number of aliphatic hydroxyl groups excluding tert-OH is 2. The predicted molar refractivity (Wildman–Crippen MR) is 97.8 cm³/mol. The maximum Gasteiger partial charge on any atom is 0.246 e. The van der Waals surface area contributed by atoms with Gasteiger partial charge in [-0.2, -0.15) is 0 Å². The molecule has 2 N–H and O–H groups in total. The molecule has 1 amide bonds. The number of carbonyl (C=O) groups excluding carboxylic acids is 1. The van der Waals surface area contributed by atoms with Gasteiger partial charge in [0.25, 0.3) is 0 Å². The highest BCUT2D eigenvalue weighted by Crippen LogP contribution is 2.25. The number of rotatable bonds is 5. The fourth-order valence-corrected chi connectivity index (χ4v) is 3.80. The molecule has 0 aromatic heterocycles. The summed E-state index contributed by atoms with van der Waals surface area (Å²) in [5.41, 5.74) is 1.01. The fourth-order valence-electron chi connectivity index (χ4n) is 3.80. The molecule has 0 spiro atoms. The molecule has 0 saturated carbocycles. The highest BCUT2D eigenvalue weighted by atomic mass is 16.3. The summed E-state index contributed by atoms with van der Waals surface area (Å²) < 4.78 is 0. The van der Waals surface area contributed by atoms with Gasteiger partial charge in [-0.25, -0.2) is 0 Å². The summed E-state index contributed by atoms with van der Waals surface area (Å²) in [5.74, 6) is 0.453. The topological polar surface area (TPSA) is 64.0 Å². The van der Waals surface area contributed by atoms with Crippen molar-refractivity contribution in [2.75, 3.05) is 39.3 Å². The van der Waals surface area contributed by atoms with E-state index in [0.29, 0.717) is 19.0 Å². The molecule has 2 atom stereocenters. The molecule has 2 fully saturated rings. The van der Waals surface area contributed by atoms with Gasteiger partial charge in [0.05, 0.1) is 6.10 Å². The van der Waals surface area contributed by atoms with Gasteiger partial charge in [-0.05, 0) is 30.4 Å². The van der Waals surface area contributed by atoms with Crippen LogP contribution in [0.25, 0.3) is 6.08 Å². The maximum atomic E-state index is 12.5. The van der Waals surface area contributed by atoms with Crippen molar-refractivity contribution < 1.29 is 15.0 Å². The van der Waals surface area contributed by atoms with E-state index in [1.165, 1.54) is 0 Å². The largest absolute Gasteiger partial charge is 0.396 e. The zero-order valence-electron chi connectivity index (χ0n) is 14.6. The lowest BCUT2D eigenvalue weighted by atomic mass is 9.95. The zero-order valence-corrected chi connectivity index (χ0v) is 14.6. The number of aliphatic hydroxyl groups is 2. The van der Waals surface area contributed by atoms with E-state index in [1.54, 1.807) is 6.08 Å². The predicted octanol–water partition coefficient (Wildman–Crippen LogP) is 1.22. The van der Waals surface area contributed by atoms with Crippen LogP contribution in [0.3, 0.4) is 0 Å². The highest BCUT2D eigenvalue weighted by Gasteiger charge is 2.35. The van der Waals surface area contributed by atoms with E-state index in [2.05, 4.69) is 4.90 Å². The van der Waals surface area contributed by atoms with E-state index < -0.39 is 0 Å². The first kappa shape index (κ1) is 18.1. The minimum Gasteiger partial charge on any atom is -0.396 e. The van der Waals surface area contributed by atoms with Crippen LogP contribution in [0.5, 0.6) is 0 Å². The molecular weight excluding hydrogens is 316 g/mol. The Kier molecular flexibility index (Phi) is 6.24. The van der Waals surface area contributed by atoms with Crippen LogP contribution in [0.2, 0.25) is 0 Å². The van der Waals surface area contributed by atoms with Crippen LogP contribution in [0.15, 0.2) is 36.4 Å². The van der Waals surface area contributed by atoms with Gasteiger partial charge in [0.15, 0.2) is 0 Å². The number of likely N-dealkylation sites (tertiary alicyclic amines) is 2. The molecule has 25 heavy (non-hydrogen) atoms. The average Bonchev–Trinajstić information content (AvgIpc) is 3.05. The number of nitrogens with zero attached hydrogens (tertiary/aromatic N) is 2. The second-order valence-electron chi connectivity index (χ2n) is 7.22. The summed E-state index contributed by atoms with van der Waals surface area (Å²) in [4.78, 5) is 16.7. The number of amides is 1. The Morgan fingerprint density at radius 3 is 2.48 bits per heavy atom. The van der Waals surface area contributed by atoms with Crippen LogP contribution >= 0.6 is 0 Å². The van der Waals surface area contributed by atoms with Gasteiger partial charge in [-0.15, -0.1) is 0 Å². The summed E-state index contributed by atoms with van der Waals surface area (Å²) in [6, 6.07) is 9.80. The average molecular weight is 344 g/mol. The lowest BCUT2D eigenvalue weighted by molar-refractivity contribution is -0.125.